The van der Waals surface area contributed by atoms with Crippen molar-refractivity contribution in [1.82, 2.24) is 24.7 Å². The second-order valence-corrected chi connectivity index (χ2v) is 4.55. The molecule has 0 saturated heterocycles. The van der Waals surface area contributed by atoms with Crippen LogP contribution in [0.25, 0.3) is 5.95 Å². The van der Waals surface area contributed by atoms with Crippen LogP contribution in [0.5, 0.6) is 0 Å². The summed E-state index contributed by atoms with van der Waals surface area (Å²) in [5.74, 6) is 1.33. The Hall–Kier alpha value is -2.22. The number of aliphatic hydroxyl groups is 1. The minimum absolute atomic E-state index is 0.0741. The maximum absolute atomic E-state index is 9.33. The van der Waals surface area contributed by atoms with Gasteiger partial charge in [0, 0.05) is 19.4 Å². The van der Waals surface area contributed by atoms with E-state index in [1.165, 1.54) is 0 Å². The van der Waals surface area contributed by atoms with E-state index in [9.17, 15) is 5.11 Å². The summed E-state index contributed by atoms with van der Waals surface area (Å²) in [6, 6.07) is 1.80. The smallest absolute Gasteiger partial charge is 0.257 e. The first-order valence-electron chi connectivity index (χ1n) is 6.08. The van der Waals surface area contributed by atoms with Crippen LogP contribution in [0.1, 0.15) is 12.8 Å². The quantitative estimate of drug-likeness (QED) is 0.698. The largest absolute Gasteiger partial charge is 0.394 e. The van der Waals surface area contributed by atoms with Gasteiger partial charge in [-0.15, -0.1) is 0 Å². The van der Waals surface area contributed by atoms with Crippen LogP contribution in [0.15, 0.2) is 18.5 Å². The highest BCUT2D eigenvalue weighted by Gasteiger charge is 2.42. The zero-order valence-corrected chi connectivity index (χ0v) is 10.5. The molecule has 3 rings (SSSR count). The number of rotatable bonds is 5. The molecular weight excluding hydrogens is 246 g/mol. The van der Waals surface area contributed by atoms with E-state index >= 15 is 0 Å². The summed E-state index contributed by atoms with van der Waals surface area (Å²) in [6.45, 7) is 0.0741. The third-order valence-electron chi connectivity index (χ3n) is 3.09. The molecule has 0 aliphatic heterocycles. The lowest BCUT2D eigenvalue weighted by Crippen LogP contribution is -2.27. The Balaban J connectivity index is 1.93. The fraction of sp³-hybridized carbons (Fsp3) is 0.455. The molecule has 0 spiro atoms. The maximum Gasteiger partial charge on any atom is 0.257 e. The minimum atomic E-state index is -0.270. The molecule has 2 aromatic rings. The third kappa shape index (κ3) is 2.34. The predicted octanol–water partition coefficient (Wildman–Crippen LogP) is 0.0358. The SMILES string of the molecule is CNc1nc(NC2(CO)CC2)nc(-n2cccn2)n1. The molecule has 0 aromatic carbocycles. The van der Waals surface area contributed by atoms with E-state index in [1.807, 2.05) is 0 Å². The highest BCUT2D eigenvalue weighted by atomic mass is 16.3. The average Bonchev–Trinajstić information content (AvgIpc) is 3.00. The Morgan fingerprint density at radius 2 is 2.11 bits per heavy atom. The number of nitrogens with zero attached hydrogens (tertiary/aromatic N) is 5. The zero-order valence-electron chi connectivity index (χ0n) is 10.5. The molecule has 0 bridgehead atoms. The summed E-state index contributed by atoms with van der Waals surface area (Å²) < 4.78 is 1.56. The lowest BCUT2D eigenvalue weighted by atomic mass is 10.3. The Bertz CT molecular complexity index is 564. The maximum atomic E-state index is 9.33. The van der Waals surface area contributed by atoms with Crippen LogP contribution in [-0.2, 0) is 0 Å². The van der Waals surface area contributed by atoms with Crippen LogP contribution in [-0.4, -0.2) is 49.0 Å². The highest BCUT2D eigenvalue weighted by molar-refractivity contribution is 5.41. The second-order valence-electron chi connectivity index (χ2n) is 4.55. The van der Waals surface area contributed by atoms with Gasteiger partial charge in [0.25, 0.3) is 5.95 Å². The summed E-state index contributed by atoms with van der Waals surface area (Å²) in [5.41, 5.74) is -0.270. The van der Waals surface area contributed by atoms with Gasteiger partial charge in [0.1, 0.15) is 0 Å². The molecule has 8 nitrogen and oxygen atoms in total. The molecule has 0 atom stereocenters. The van der Waals surface area contributed by atoms with Gasteiger partial charge in [-0.1, -0.05) is 0 Å². The van der Waals surface area contributed by atoms with Crippen molar-refractivity contribution >= 4 is 11.9 Å². The van der Waals surface area contributed by atoms with Crippen LogP contribution in [0.2, 0.25) is 0 Å². The van der Waals surface area contributed by atoms with Crippen molar-refractivity contribution in [2.45, 2.75) is 18.4 Å². The van der Waals surface area contributed by atoms with Crippen molar-refractivity contribution in [3.05, 3.63) is 18.5 Å². The minimum Gasteiger partial charge on any atom is -0.394 e. The fourth-order valence-corrected chi connectivity index (χ4v) is 1.73. The van der Waals surface area contributed by atoms with Gasteiger partial charge in [-0.25, -0.2) is 4.68 Å². The number of nitrogens with one attached hydrogen (secondary N) is 2. The van der Waals surface area contributed by atoms with Gasteiger partial charge in [-0.2, -0.15) is 20.1 Å². The molecule has 0 unspecified atom stereocenters. The van der Waals surface area contributed by atoms with Gasteiger partial charge < -0.3 is 15.7 Å². The molecule has 3 N–H and O–H groups in total. The molecule has 0 radical (unpaired) electrons. The third-order valence-corrected chi connectivity index (χ3v) is 3.09. The Morgan fingerprint density at radius 3 is 2.68 bits per heavy atom. The van der Waals surface area contributed by atoms with E-state index in [0.717, 1.165) is 12.8 Å². The van der Waals surface area contributed by atoms with Gasteiger partial charge in [0.05, 0.1) is 12.1 Å². The molecule has 19 heavy (non-hydrogen) atoms. The van der Waals surface area contributed by atoms with Crippen molar-refractivity contribution in [2.24, 2.45) is 0 Å². The molecule has 1 fully saturated rings. The van der Waals surface area contributed by atoms with Gasteiger partial charge >= 0.3 is 0 Å². The summed E-state index contributed by atoms with van der Waals surface area (Å²) in [4.78, 5) is 12.8. The van der Waals surface area contributed by atoms with E-state index in [4.69, 9.17) is 0 Å². The standard InChI is InChI=1S/C11H15N7O/c1-12-8-14-9(17-11(7-19)3-4-11)16-10(15-8)18-6-2-5-13-18/h2,5-6,19H,3-4,7H2,1H3,(H2,12,14,15,16,17). The van der Waals surface area contributed by atoms with Crippen LogP contribution >= 0.6 is 0 Å². The normalized spacial score (nSPS) is 16.1. The van der Waals surface area contributed by atoms with Crippen molar-refractivity contribution in [1.29, 1.82) is 0 Å². The molecule has 100 valence electrons. The molecule has 1 aliphatic carbocycles. The molecule has 8 heteroatoms. The van der Waals surface area contributed by atoms with Gasteiger partial charge in [-0.05, 0) is 18.9 Å². The Morgan fingerprint density at radius 1 is 1.32 bits per heavy atom. The lowest BCUT2D eigenvalue weighted by Gasteiger charge is -2.15. The number of hydrogen-bond donors (Lipinski definition) is 3. The Kier molecular flexibility index (Phi) is 2.79. The summed E-state index contributed by atoms with van der Waals surface area (Å²) in [6.07, 6.45) is 5.26. The molecule has 2 aromatic heterocycles. The van der Waals surface area contributed by atoms with Crippen LogP contribution < -0.4 is 10.6 Å². The van der Waals surface area contributed by atoms with E-state index in [-0.39, 0.29) is 12.1 Å². The highest BCUT2D eigenvalue weighted by Crippen LogP contribution is 2.37. The monoisotopic (exact) mass is 261 g/mol. The molecule has 1 saturated carbocycles. The van der Waals surface area contributed by atoms with Crippen molar-refractivity contribution in [3.8, 4) is 5.95 Å². The van der Waals surface area contributed by atoms with Crippen molar-refractivity contribution < 1.29 is 5.11 Å². The number of aromatic nitrogens is 5. The molecule has 0 amide bonds. The molecule has 1 aliphatic rings. The van der Waals surface area contributed by atoms with Gasteiger partial charge in [0.15, 0.2) is 0 Å². The zero-order chi connectivity index (χ0) is 13.3. The van der Waals surface area contributed by atoms with Crippen LogP contribution in [0.3, 0.4) is 0 Å². The first kappa shape index (κ1) is 11.8. The van der Waals surface area contributed by atoms with E-state index in [0.29, 0.717) is 17.8 Å². The fourth-order valence-electron chi connectivity index (χ4n) is 1.73. The summed E-state index contributed by atoms with van der Waals surface area (Å²) in [7, 11) is 1.74. The number of hydrogen-bond acceptors (Lipinski definition) is 7. The molecule has 2 heterocycles. The number of aliphatic hydroxyl groups excluding tert-OH is 1. The van der Waals surface area contributed by atoms with E-state index < -0.39 is 0 Å². The van der Waals surface area contributed by atoms with Crippen molar-refractivity contribution in [3.63, 3.8) is 0 Å². The van der Waals surface area contributed by atoms with Crippen LogP contribution in [0, 0.1) is 0 Å². The predicted molar refractivity (Wildman–Crippen MR) is 69.2 cm³/mol. The second kappa shape index (κ2) is 4.47. The first-order valence-corrected chi connectivity index (χ1v) is 6.08. The van der Waals surface area contributed by atoms with Gasteiger partial charge in [0.2, 0.25) is 11.9 Å². The Labute approximate surface area is 109 Å². The number of anilines is 2. The summed E-state index contributed by atoms with van der Waals surface area (Å²) >= 11 is 0. The topological polar surface area (TPSA) is 101 Å². The van der Waals surface area contributed by atoms with Crippen LogP contribution in [0.4, 0.5) is 11.9 Å². The lowest BCUT2D eigenvalue weighted by molar-refractivity contribution is 0.265. The van der Waals surface area contributed by atoms with E-state index in [2.05, 4.69) is 30.7 Å². The molecular formula is C11H15N7O. The first-order chi connectivity index (χ1) is 9.24. The van der Waals surface area contributed by atoms with Crippen molar-refractivity contribution in [2.75, 3.05) is 24.3 Å². The summed E-state index contributed by atoms with van der Waals surface area (Å²) in [5, 5.41) is 19.5. The van der Waals surface area contributed by atoms with Gasteiger partial charge in [-0.3, -0.25) is 0 Å². The average molecular weight is 261 g/mol. The van der Waals surface area contributed by atoms with E-state index in [1.54, 1.807) is 30.2 Å².